The summed E-state index contributed by atoms with van der Waals surface area (Å²) in [5.74, 6) is -2.94. The summed E-state index contributed by atoms with van der Waals surface area (Å²) in [4.78, 5) is 28.8. The van der Waals surface area contributed by atoms with Crippen LogP contribution in [0.2, 0.25) is 0 Å². The van der Waals surface area contributed by atoms with Crippen LogP contribution in [0.1, 0.15) is 66.9 Å². The molecule has 0 bridgehead atoms. The van der Waals surface area contributed by atoms with E-state index in [0.717, 1.165) is 43.6 Å². The maximum atomic E-state index is 14.1. The van der Waals surface area contributed by atoms with Crippen molar-refractivity contribution in [3.8, 4) is 11.1 Å². The Bertz CT molecular complexity index is 1570. The number of anilines is 2. The van der Waals surface area contributed by atoms with Gasteiger partial charge in [0.15, 0.2) is 0 Å². The smallest absolute Gasteiger partial charge is 0.273 e. The summed E-state index contributed by atoms with van der Waals surface area (Å²) in [6.07, 6.45) is 2.46. The van der Waals surface area contributed by atoms with Gasteiger partial charge >= 0.3 is 0 Å². The molecule has 1 unspecified atom stereocenters. The summed E-state index contributed by atoms with van der Waals surface area (Å²) in [5, 5.41) is 6.10. The number of hydrogen-bond acceptors (Lipinski definition) is 3. The highest BCUT2D eigenvalue weighted by Crippen LogP contribution is 2.36. The van der Waals surface area contributed by atoms with Crippen molar-refractivity contribution >= 4 is 23.2 Å². The van der Waals surface area contributed by atoms with Gasteiger partial charge in [-0.05, 0) is 72.2 Å². The SMILES string of the molecule is CCCNC(=O)C(c1ccccc1)C1CCN(c2ccc(NC(=O)c3ccccc3-c3ccc(C(F)(F)CC)cc3)cc2)CC1. The number of carbonyl (C=O) groups is 2. The van der Waals surface area contributed by atoms with Gasteiger partial charge < -0.3 is 15.5 Å². The number of nitrogens with zero attached hydrogens (tertiary/aromatic N) is 1. The van der Waals surface area contributed by atoms with Crippen LogP contribution >= 0.6 is 0 Å². The van der Waals surface area contributed by atoms with Crippen LogP contribution in [0.25, 0.3) is 11.1 Å². The van der Waals surface area contributed by atoms with Crippen LogP contribution in [0, 0.1) is 5.92 Å². The maximum Gasteiger partial charge on any atom is 0.273 e. The predicted molar refractivity (Wildman–Crippen MR) is 178 cm³/mol. The maximum absolute atomic E-state index is 14.1. The lowest BCUT2D eigenvalue weighted by molar-refractivity contribution is -0.124. The molecule has 5 nitrogen and oxygen atoms in total. The molecule has 2 amide bonds. The Balaban J connectivity index is 1.23. The number of carbonyl (C=O) groups excluding carboxylic acids is 2. The van der Waals surface area contributed by atoms with Crippen LogP contribution in [0.5, 0.6) is 0 Å². The van der Waals surface area contributed by atoms with Gasteiger partial charge in [0, 0.05) is 48.6 Å². The Morgan fingerprint density at radius 3 is 2.13 bits per heavy atom. The summed E-state index contributed by atoms with van der Waals surface area (Å²) < 4.78 is 28.2. The molecule has 1 aliphatic heterocycles. The van der Waals surface area contributed by atoms with Crippen LogP contribution in [0.4, 0.5) is 20.2 Å². The highest BCUT2D eigenvalue weighted by molar-refractivity contribution is 6.08. The summed E-state index contributed by atoms with van der Waals surface area (Å²) in [6.45, 7) is 5.89. The first-order valence-corrected chi connectivity index (χ1v) is 15.9. The summed E-state index contributed by atoms with van der Waals surface area (Å²) >= 11 is 0. The second-order valence-electron chi connectivity index (χ2n) is 11.7. The van der Waals surface area contributed by atoms with Crippen LogP contribution in [-0.4, -0.2) is 31.4 Å². The van der Waals surface area contributed by atoms with Gasteiger partial charge in [0.25, 0.3) is 11.8 Å². The van der Waals surface area contributed by atoms with E-state index in [1.54, 1.807) is 24.3 Å². The summed E-state index contributed by atoms with van der Waals surface area (Å²) in [6, 6.07) is 31.2. The third-order valence-corrected chi connectivity index (χ3v) is 8.73. The molecule has 0 spiro atoms. The van der Waals surface area contributed by atoms with Crippen molar-refractivity contribution in [2.24, 2.45) is 5.92 Å². The number of amides is 2. The zero-order valence-electron chi connectivity index (χ0n) is 25.9. The molecule has 1 aliphatic rings. The van der Waals surface area contributed by atoms with Gasteiger partial charge in [-0.2, -0.15) is 0 Å². The molecule has 45 heavy (non-hydrogen) atoms. The van der Waals surface area contributed by atoms with Crippen molar-refractivity contribution < 1.29 is 18.4 Å². The molecule has 0 saturated carbocycles. The van der Waals surface area contributed by atoms with E-state index < -0.39 is 5.92 Å². The third kappa shape index (κ3) is 7.59. The molecule has 234 valence electrons. The number of alkyl halides is 2. The van der Waals surface area contributed by atoms with Gasteiger partial charge in [0.1, 0.15) is 0 Å². The molecule has 7 heteroatoms. The van der Waals surface area contributed by atoms with E-state index >= 15 is 0 Å². The van der Waals surface area contributed by atoms with Gasteiger partial charge in [-0.25, -0.2) is 8.78 Å². The van der Waals surface area contributed by atoms with E-state index in [9.17, 15) is 18.4 Å². The fourth-order valence-corrected chi connectivity index (χ4v) is 6.13. The largest absolute Gasteiger partial charge is 0.372 e. The molecule has 4 aromatic carbocycles. The normalized spacial score (nSPS) is 14.5. The van der Waals surface area contributed by atoms with E-state index in [1.165, 1.54) is 19.1 Å². The Morgan fingerprint density at radius 2 is 1.49 bits per heavy atom. The molecular weight excluding hydrogens is 568 g/mol. The van der Waals surface area contributed by atoms with Crippen molar-refractivity contribution in [3.05, 3.63) is 120 Å². The molecule has 2 N–H and O–H groups in total. The minimum absolute atomic E-state index is 0.0338. The van der Waals surface area contributed by atoms with Crippen LogP contribution in [0.3, 0.4) is 0 Å². The molecule has 1 atom stereocenters. The van der Waals surface area contributed by atoms with E-state index in [-0.39, 0.29) is 35.6 Å². The number of piperidine rings is 1. The van der Waals surface area contributed by atoms with Gasteiger partial charge in [-0.15, -0.1) is 0 Å². The second kappa shape index (κ2) is 14.5. The number of halogens is 2. The lowest BCUT2D eigenvalue weighted by Gasteiger charge is -2.37. The van der Waals surface area contributed by atoms with Crippen LogP contribution in [0.15, 0.2) is 103 Å². The number of benzene rings is 4. The van der Waals surface area contributed by atoms with Crippen molar-refractivity contribution in [2.45, 2.75) is 51.4 Å². The van der Waals surface area contributed by atoms with Crippen molar-refractivity contribution in [3.63, 3.8) is 0 Å². The van der Waals surface area contributed by atoms with Gasteiger partial charge in [0.2, 0.25) is 5.91 Å². The fourth-order valence-electron chi connectivity index (χ4n) is 6.13. The van der Waals surface area contributed by atoms with Gasteiger partial charge in [-0.3, -0.25) is 9.59 Å². The molecule has 1 saturated heterocycles. The molecule has 1 fully saturated rings. The second-order valence-corrected chi connectivity index (χ2v) is 11.7. The Kier molecular flexibility index (Phi) is 10.3. The van der Waals surface area contributed by atoms with Crippen LogP contribution < -0.4 is 15.5 Å². The lowest BCUT2D eigenvalue weighted by Crippen LogP contribution is -2.40. The standard InChI is InChI=1S/C38H41F2N3O2/c1-3-24-41-37(45)35(28-10-6-5-7-11-28)29-22-25-43(26-23-29)32-20-18-31(19-21-32)42-36(44)34-13-9-8-12-33(34)27-14-16-30(17-15-27)38(39,40)4-2/h5-21,29,35H,3-4,22-26H2,1-2H3,(H,41,45)(H,42,44). The Hall–Kier alpha value is -4.52. The molecule has 0 aromatic heterocycles. The quantitative estimate of drug-likeness (QED) is 0.179. The molecule has 5 rings (SSSR count). The summed E-state index contributed by atoms with van der Waals surface area (Å²) in [7, 11) is 0. The molecule has 1 heterocycles. The minimum atomic E-state index is -2.88. The highest BCUT2D eigenvalue weighted by Gasteiger charge is 2.33. The first-order valence-electron chi connectivity index (χ1n) is 15.9. The van der Waals surface area contributed by atoms with E-state index in [1.807, 2.05) is 54.6 Å². The van der Waals surface area contributed by atoms with E-state index in [4.69, 9.17) is 0 Å². The lowest BCUT2D eigenvalue weighted by atomic mass is 9.79. The molecule has 0 radical (unpaired) electrons. The van der Waals surface area contributed by atoms with Gasteiger partial charge in [-0.1, -0.05) is 86.6 Å². The van der Waals surface area contributed by atoms with E-state index in [2.05, 4.69) is 34.6 Å². The third-order valence-electron chi connectivity index (χ3n) is 8.73. The number of rotatable bonds is 11. The average Bonchev–Trinajstić information content (AvgIpc) is 3.08. The van der Waals surface area contributed by atoms with E-state index in [0.29, 0.717) is 28.9 Å². The highest BCUT2D eigenvalue weighted by atomic mass is 19.3. The van der Waals surface area contributed by atoms with Crippen molar-refractivity contribution in [2.75, 3.05) is 29.9 Å². The zero-order chi connectivity index (χ0) is 31.8. The van der Waals surface area contributed by atoms with Crippen molar-refractivity contribution in [1.82, 2.24) is 5.32 Å². The molecular formula is C38H41F2N3O2. The molecule has 0 aliphatic carbocycles. The van der Waals surface area contributed by atoms with Gasteiger partial charge in [0.05, 0.1) is 5.92 Å². The first-order chi connectivity index (χ1) is 21.8. The monoisotopic (exact) mass is 609 g/mol. The average molecular weight is 610 g/mol. The van der Waals surface area contributed by atoms with Crippen molar-refractivity contribution in [1.29, 1.82) is 0 Å². The number of hydrogen-bond donors (Lipinski definition) is 2. The predicted octanol–water partition coefficient (Wildman–Crippen LogP) is 8.63. The fraction of sp³-hybridized carbons (Fsp3) is 0.316. The Morgan fingerprint density at radius 1 is 0.844 bits per heavy atom. The van der Waals surface area contributed by atoms with Crippen LogP contribution in [-0.2, 0) is 10.7 Å². The zero-order valence-corrected chi connectivity index (χ0v) is 25.9. The summed E-state index contributed by atoms with van der Waals surface area (Å²) in [5.41, 5.74) is 4.63. The first kappa shape index (κ1) is 31.9. The number of nitrogens with one attached hydrogen (secondary N) is 2. The topological polar surface area (TPSA) is 61.4 Å². The minimum Gasteiger partial charge on any atom is -0.372 e. The molecule has 4 aromatic rings. The Labute approximate surface area is 264 Å².